The number of amides is 1. The molecule has 1 saturated carbocycles. The topological polar surface area (TPSA) is 61.4 Å². The Morgan fingerprint density at radius 2 is 2.24 bits per heavy atom. The first-order chi connectivity index (χ1) is 8.15. The molecule has 4 nitrogen and oxygen atoms in total. The average molecular weight is 234 g/mol. The van der Waals surface area contributed by atoms with Crippen molar-refractivity contribution in [2.75, 3.05) is 11.9 Å². The van der Waals surface area contributed by atoms with Gasteiger partial charge in [-0.3, -0.25) is 4.79 Å². The van der Waals surface area contributed by atoms with E-state index >= 15 is 0 Å². The zero-order valence-electron chi connectivity index (χ0n) is 9.99. The number of phenols is 1. The molecule has 0 bridgehead atoms. The molecule has 17 heavy (non-hydrogen) atoms. The van der Waals surface area contributed by atoms with Crippen molar-refractivity contribution in [1.29, 1.82) is 0 Å². The lowest BCUT2D eigenvalue weighted by molar-refractivity contribution is -0.116. The van der Waals surface area contributed by atoms with Crippen LogP contribution in [0.15, 0.2) is 18.2 Å². The first-order valence-electron chi connectivity index (χ1n) is 5.98. The molecule has 4 heteroatoms. The van der Waals surface area contributed by atoms with Gasteiger partial charge in [0.2, 0.25) is 5.91 Å². The zero-order valence-corrected chi connectivity index (χ0v) is 9.99. The fourth-order valence-electron chi connectivity index (χ4n) is 1.59. The van der Waals surface area contributed by atoms with E-state index in [1.54, 1.807) is 18.2 Å². The van der Waals surface area contributed by atoms with Gasteiger partial charge in [0.15, 0.2) is 0 Å². The molecule has 1 aromatic rings. The number of benzene rings is 1. The van der Waals surface area contributed by atoms with E-state index in [-0.39, 0.29) is 11.7 Å². The van der Waals surface area contributed by atoms with Crippen LogP contribution in [0.1, 0.15) is 24.8 Å². The summed E-state index contributed by atoms with van der Waals surface area (Å²) < 4.78 is 0. The van der Waals surface area contributed by atoms with Crippen LogP contribution in [0.4, 0.5) is 5.69 Å². The van der Waals surface area contributed by atoms with Crippen molar-refractivity contribution < 1.29 is 9.90 Å². The van der Waals surface area contributed by atoms with Gasteiger partial charge >= 0.3 is 0 Å². The quantitative estimate of drug-likeness (QED) is 0.727. The van der Waals surface area contributed by atoms with Gasteiger partial charge in [0.1, 0.15) is 5.75 Å². The number of nitrogens with one attached hydrogen (secondary N) is 2. The Balaban J connectivity index is 1.77. The summed E-state index contributed by atoms with van der Waals surface area (Å²) in [6.45, 7) is 2.54. The lowest BCUT2D eigenvalue weighted by Crippen LogP contribution is -2.23. The lowest BCUT2D eigenvalue weighted by atomic mass is 10.2. The number of phenolic OH excluding ortho intramolecular Hbond substituents is 1. The maximum Gasteiger partial charge on any atom is 0.225 e. The third-order valence-electron chi connectivity index (χ3n) is 2.86. The molecule has 1 aromatic carbocycles. The van der Waals surface area contributed by atoms with Crippen LogP contribution in [0.2, 0.25) is 0 Å². The fourth-order valence-corrected chi connectivity index (χ4v) is 1.59. The highest BCUT2D eigenvalue weighted by Gasteiger charge is 2.20. The van der Waals surface area contributed by atoms with Crippen LogP contribution in [0.5, 0.6) is 5.75 Å². The van der Waals surface area contributed by atoms with Crippen molar-refractivity contribution in [3.8, 4) is 5.75 Å². The van der Waals surface area contributed by atoms with Crippen molar-refractivity contribution in [1.82, 2.24) is 5.32 Å². The number of aryl methyl sites for hydroxylation is 1. The van der Waals surface area contributed by atoms with Crippen molar-refractivity contribution in [3.63, 3.8) is 0 Å². The first kappa shape index (κ1) is 11.9. The van der Waals surface area contributed by atoms with Crippen molar-refractivity contribution in [2.45, 2.75) is 32.2 Å². The van der Waals surface area contributed by atoms with Crippen molar-refractivity contribution >= 4 is 11.6 Å². The van der Waals surface area contributed by atoms with E-state index in [0.29, 0.717) is 24.7 Å². The van der Waals surface area contributed by atoms with Gasteiger partial charge in [-0.1, -0.05) is 6.07 Å². The molecule has 0 heterocycles. The smallest absolute Gasteiger partial charge is 0.225 e. The predicted octanol–water partition coefficient (Wildman–Crippen LogP) is 1.78. The summed E-state index contributed by atoms with van der Waals surface area (Å²) in [4.78, 5) is 11.6. The molecule has 0 unspecified atom stereocenters. The highest BCUT2D eigenvalue weighted by atomic mass is 16.3. The predicted molar refractivity (Wildman–Crippen MR) is 67.1 cm³/mol. The Kier molecular flexibility index (Phi) is 3.64. The Labute approximate surface area is 101 Å². The summed E-state index contributed by atoms with van der Waals surface area (Å²) >= 11 is 0. The van der Waals surface area contributed by atoms with Gasteiger partial charge in [0.05, 0.1) is 0 Å². The van der Waals surface area contributed by atoms with Gasteiger partial charge < -0.3 is 15.7 Å². The summed E-state index contributed by atoms with van der Waals surface area (Å²) in [6, 6.07) is 5.78. The van der Waals surface area contributed by atoms with Crippen LogP contribution in [0, 0.1) is 6.92 Å². The first-order valence-corrected chi connectivity index (χ1v) is 5.98. The van der Waals surface area contributed by atoms with Gasteiger partial charge in [-0.2, -0.15) is 0 Å². The number of aromatic hydroxyl groups is 1. The number of carbonyl (C=O) groups is 1. The molecule has 0 aliphatic heterocycles. The van der Waals surface area contributed by atoms with Gasteiger partial charge in [0, 0.05) is 30.8 Å². The Hall–Kier alpha value is -1.55. The number of hydrogen-bond acceptors (Lipinski definition) is 3. The van der Waals surface area contributed by atoms with Crippen molar-refractivity contribution in [2.24, 2.45) is 0 Å². The highest BCUT2D eigenvalue weighted by Crippen LogP contribution is 2.21. The monoisotopic (exact) mass is 234 g/mol. The molecule has 1 amide bonds. The van der Waals surface area contributed by atoms with Gasteiger partial charge in [-0.25, -0.2) is 0 Å². The van der Waals surface area contributed by atoms with E-state index in [0.717, 1.165) is 5.56 Å². The Morgan fingerprint density at radius 3 is 2.88 bits per heavy atom. The van der Waals surface area contributed by atoms with Crippen LogP contribution in [-0.2, 0) is 4.79 Å². The van der Waals surface area contributed by atoms with Crippen LogP contribution in [0.25, 0.3) is 0 Å². The van der Waals surface area contributed by atoms with E-state index in [2.05, 4.69) is 10.6 Å². The summed E-state index contributed by atoms with van der Waals surface area (Å²) in [5.41, 5.74) is 1.45. The second kappa shape index (κ2) is 5.19. The molecule has 0 aromatic heterocycles. The lowest BCUT2D eigenvalue weighted by Gasteiger charge is -2.07. The molecular weight excluding hydrogens is 216 g/mol. The van der Waals surface area contributed by atoms with Crippen LogP contribution in [0.3, 0.4) is 0 Å². The average Bonchev–Trinajstić information content (AvgIpc) is 3.07. The molecule has 0 spiro atoms. The summed E-state index contributed by atoms with van der Waals surface area (Å²) in [7, 11) is 0. The minimum atomic E-state index is -0.0265. The Bertz CT molecular complexity index is 414. The van der Waals surface area contributed by atoms with Gasteiger partial charge in [0.25, 0.3) is 0 Å². The largest absolute Gasteiger partial charge is 0.508 e. The second-order valence-electron chi connectivity index (χ2n) is 4.53. The maximum atomic E-state index is 11.6. The minimum absolute atomic E-state index is 0.0265. The Morgan fingerprint density at radius 1 is 1.47 bits per heavy atom. The number of rotatable bonds is 5. The number of carbonyl (C=O) groups excluding carboxylic acids is 1. The number of hydrogen-bond donors (Lipinski definition) is 3. The fraction of sp³-hybridized carbons (Fsp3) is 0.462. The highest BCUT2D eigenvalue weighted by molar-refractivity contribution is 5.91. The van der Waals surface area contributed by atoms with Crippen molar-refractivity contribution in [3.05, 3.63) is 23.8 Å². The normalized spacial score (nSPS) is 14.6. The molecule has 3 N–H and O–H groups in total. The zero-order chi connectivity index (χ0) is 12.3. The minimum Gasteiger partial charge on any atom is -0.508 e. The van der Waals surface area contributed by atoms with E-state index in [4.69, 9.17) is 0 Å². The molecular formula is C13H18N2O2. The van der Waals surface area contributed by atoms with Crippen LogP contribution >= 0.6 is 0 Å². The molecule has 1 aliphatic carbocycles. The molecule has 92 valence electrons. The molecule has 0 radical (unpaired) electrons. The van der Waals surface area contributed by atoms with Gasteiger partial charge in [-0.05, 0) is 31.4 Å². The summed E-state index contributed by atoms with van der Waals surface area (Å²) in [5.74, 6) is 0.181. The van der Waals surface area contributed by atoms with E-state index in [9.17, 15) is 9.90 Å². The van der Waals surface area contributed by atoms with Crippen LogP contribution in [-0.4, -0.2) is 23.6 Å². The summed E-state index contributed by atoms with van der Waals surface area (Å²) in [5, 5.41) is 15.6. The maximum absolute atomic E-state index is 11.6. The molecule has 0 atom stereocenters. The number of anilines is 1. The summed E-state index contributed by atoms with van der Waals surface area (Å²) in [6.07, 6.45) is 2.92. The van der Waals surface area contributed by atoms with E-state index in [1.807, 2.05) is 6.92 Å². The van der Waals surface area contributed by atoms with E-state index in [1.165, 1.54) is 12.8 Å². The standard InChI is InChI=1S/C13H18N2O2/c1-9-2-3-11(8-12(9)16)15-13(17)6-7-14-10-4-5-10/h2-3,8,10,14,16H,4-7H2,1H3,(H,15,17). The second-order valence-corrected chi connectivity index (χ2v) is 4.53. The van der Waals surface area contributed by atoms with E-state index < -0.39 is 0 Å². The third kappa shape index (κ3) is 3.75. The molecule has 1 fully saturated rings. The molecule has 2 rings (SSSR count). The van der Waals surface area contributed by atoms with Crippen LogP contribution < -0.4 is 10.6 Å². The van der Waals surface area contributed by atoms with Gasteiger partial charge in [-0.15, -0.1) is 0 Å². The molecule has 0 saturated heterocycles. The third-order valence-corrected chi connectivity index (χ3v) is 2.86. The SMILES string of the molecule is Cc1ccc(NC(=O)CCNC2CC2)cc1O. The molecule has 1 aliphatic rings.